The molecule has 1 aromatic rings. The molecular formula is C16H21BrN2O3. The maximum atomic E-state index is 12.0. The van der Waals surface area contributed by atoms with E-state index in [1.54, 1.807) is 12.3 Å². The third-order valence-electron chi connectivity index (χ3n) is 4.33. The van der Waals surface area contributed by atoms with Gasteiger partial charge in [0, 0.05) is 22.9 Å². The Labute approximate surface area is 139 Å². The van der Waals surface area contributed by atoms with Crippen LogP contribution in [0.15, 0.2) is 22.9 Å². The lowest BCUT2D eigenvalue weighted by Gasteiger charge is -2.34. The van der Waals surface area contributed by atoms with Crippen molar-refractivity contribution in [2.75, 3.05) is 6.61 Å². The highest BCUT2D eigenvalue weighted by molar-refractivity contribution is 9.10. The minimum absolute atomic E-state index is 0.169. The van der Waals surface area contributed by atoms with Gasteiger partial charge in [0.1, 0.15) is 0 Å². The number of aromatic nitrogens is 1. The molecule has 22 heavy (non-hydrogen) atoms. The first-order valence-electron chi connectivity index (χ1n) is 7.54. The Morgan fingerprint density at radius 3 is 2.86 bits per heavy atom. The Morgan fingerprint density at radius 1 is 1.36 bits per heavy atom. The van der Waals surface area contributed by atoms with E-state index < -0.39 is 5.97 Å². The first-order valence-corrected chi connectivity index (χ1v) is 8.33. The molecule has 0 unspecified atom stereocenters. The maximum Gasteiger partial charge on any atom is 0.340 e. The van der Waals surface area contributed by atoms with Gasteiger partial charge < -0.3 is 10.1 Å². The SMILES string of the molecule is C[C@H]1[C@H](C)CCC[C@H]1NC(=O)COC(=O)c1cncc(Br)c1. The summed E-state index contributed by atoms with van der Waals surface area (Å²) in [6, 6.07) is 1.78. The molecular weight excluding hydrogens is 348 g/mol. The van der Waals surface area contributed by atoms with E-state index in [-0.39, 0.29) is 18.6 Å². The second kappa shape index (κ2) is 7.72. The van der Waals surface area contributed by atoms with Crippen LogP contribution in [-0.2, 0) is 9.53 Å². The van der Waals surface area contributed by atoms with E-state index in [4.69, 9.17) is 4.74 Å². The lowest BCUT2D eigenvalue weighted by molar-refractivity contribution is -0.125. The summed E-state index contributed by atoms with van der Waals surface area (Å²) >= 11 is 3.24. The standard InChI is InChI=1S/C16H21BrN2O3/c1-10-4-3-5-14(11(10)2)19-15(20)9-22-16(21)12-6-13(17)8-18-7-12/h6-8,10-11,14H,3-5,9H2,1-2H3,(H,19,20)/t10-,11+,14-/m1/s1. The molecule has 0 aliphatic heterocycles. The molecule has 5 nitrogen and oxygen atoms in total. The van der Waals surface area contributed by atoms with Crippen LogP contribution in [0.1, 0.15) is 43.5 Å². The van der Waals surface area contributed by atoms with Crippen molar-refractivity contribution in [3.8, 4) is 0 Å². The molecule has 0 radical (unpaired) electrons. The van der Waals surface area contributed by atoms with Crippen LogP contribution in [0.2, 0.25) is 0 Å². The highest BCUT2D eigenvalue weighted by Gasteiger charge is 2.28. The summed E-state index contributed by atoms with van der Waals surface area (Å²) in [6.07, 6.45) is 6.31. The van der Waals surface area contributed by atoms with Crippen molar-refractivity contribution in [2.24, 2.45) is 11.8 Å². The van der Waals surface area contributed by atoms with E-state index in [0.29, 0.717) is 21.9 Å². The molecule has 6 heteroatoms. The van der Waals surface area contributed by atoms with Gasteiger partial charge in [0.2, 0.25) is 0 Å². The van der Waals surface area contributed by atoms with Crippen LogP contribution in [0.25, 0.3) is 0 Å². The number of nitrogens with one attached hydrogen (secondary N) is 1. The molecule has 3 atom stereocenters. The molecule has 1 heterocycles. The molecule has 0 aromatic carbocycles. The van der Waals surface area contributed by atoms with Gasteiger partial charge in [-0.05, 0) is 40.3 Å². The quantitative estimate of drug-likeness (QED) is 0.829. The van der Waals surface area contributed by atoms with Gasteiger partial charge in [0.15, 0.2) is 6.61 Å². The van der Waals surface area contributed by atoms with Gasteiger partial charge in [-0.25, -0.2) is 4.79 Å². The van der Waals surface area contributed by atoms with Crippen molar-refractivity contribution >= 4 is 27.8 Å². The van der Waals surface area contributed by atoms with E-state index >= 15 is 0 Å². The number of carbonyl (C=O) groups is 2. The van der Waals surface area contributed by atoms with Crippen molar-refractivity contribution < 1.29 is 14.3 Å². The smallest absolute Gasteiger partial charge is 0.340 e. The Morgan fingerprint density at radius 2 is 2.14 bits per heavy atom. The van der Waals surface area contributed by atoms with Gasteiger partial charge in [-0.3, -0.25) is 9.78 Å². The lowest BCUT2D eigenvalue weighted by Crippen LogP contribution is -2.45. The van der Waals surface area contributed by atoms with E-state index in [9.17, 15) is 9.59 Å². The zero-order chi connectivity index (χ0) is 16.1. The summed E-state index contributed by atoms with van der Waals surface area (Å²) < 4.78 is 5.73. The minimum Gasteiger partial charge on any atom is -0.452 e. The summed E-state index contributed by atoms with van der Waals surface area (Å²) in [6.45, 7) is 4.11. The molecule has 0 spiro atoms. The van der Waals surface area contributed by atoms with Gasteiger partial charge in [-0.1, -0.05) is 26.7 Å². The van der Waals surface area contributed by atoms with Crippen molar-refractivity contribution in [1.29, 1.82) is 0 Å². The van der Waals surface area contributed by atoms with Crippen LogP contribution in [-0.4, -0.2) is 29.5 Å². The third kappa shape index (κ3) is 4.53. The predicted octanol–water partition coefficient (Wildman–Crippen LogP) is 2.94. The Balaban J connectivity index is 1.81. The first kappa shape index (κ1) is 16.9. The summed E-state index contributed by atoms with van der Waals surface area (Å²) in [5.74, 6) is 0.258. The number of esters is 1. The monoisotopic (exact) mass is 368 g/mol. The normalized spacial score (nSPS) is 24.6. The average Bonchev–Trinajstić information content (AvgIpc) is 2.49. The van der Waals surface area contributed by atoms with Crippen LogP contribution < -0.4 is 5.32 Å². The summed E-state index contributed by atoms with van der Waals surface area (Å²) in [5, 5.41) is 2.98. The van der Waals surface area contributed by atoms with Crippen molar-refractivity contribution in [1.82, 2.24) is 10.3 Å². The topological polar surface area (TPSA) is 68.3 Å². The summed E-state index contributed by atoms with van der Waals surface area (Å²) in [4.78, 5) is 27.7. The van der Waals surface area contributed by atoms with Crippen LogP contribution in [0.5, 0.6) is 0 Å². The van der Waals surface area contributed by atoms with Crippen LogP contribution in [0.4, 0.5) is 0 Å². The number of ether oxygens (including phenoxy) is 1. The molecule has 1 saturated carbocycles. The van der Waals surface area contributed by atoms with Gasteiger partial charge in [0.25, 0.3) is 5.91 Å². The molecule has 1 amide bonds. The molecule has 1 aromatic heterocycles. The lowest BCUT2D eigenvalue weighted by atomic mass is 9.78. The highest BCUT2D eigenvalue weighted by Crippen LogP contribution is 2.29. The molecule has 0 saturated heterocycles. The van der Waals surface area contributed by atoms with Gasteiger partial charge >= 0.3 is 5.97 Å². The summed E-state index contributed by atoms with van der Waals surface area (Å²) in [5.41, 5.74) is 0.321. The fourth-order valence-corrected chi connectivity index (χ4v) is 3.14. The number of halogens is 1. The number of rotatable bonds is 4. The molecule has 1 fully saturated rings. The first-order chi connectivity index (χ1) is 10.5. The highest BCUT2D eigenvalue weighted by atomic mass is 79.9. The second-order valence-electron chi connectivity index (χ2n) is 5.91. The van der Waals surface area contributed by atoms with E-state index in [1.807, 2.05) is 0 Å². The molecule has 0 bridgehead atoms. The fourth-order valence-electron chi connectivity index (χ4n) is 2.77. The van der Waals surface area contributed by atoms with Crippen LogP contribution in [0.3, 0.4) is 0 Å². The fraction of sp³-hybridized carbons (Fsp3) is 0.562. The van der Waals surface area contributed by atoms with Crippen molar-refractivity contribution in [3.63, 3.8) is 0 Å². The largest absolute Gasteiger partial charge is 0.452 e. The second-order valence-corrected chi connectivity index (χ2v) is 6.82. The number of amides is 1. The molecule has 2 rings (SSSR count). The average molecular weight is 369 g/mol. The van der Waals surface area contributed by atoms with Gasteiger partial charge in [-0.15, -0.1) is 0 Å². The van der Waals surface area contributed by atoms with Crippen LogP contribution in [0, 0.1) is 11.8 Å². The van der Waals surface area contributed by atoms with Crippen molar-refractivity contribution in [3.05, 3.63) is 28.5 Å². The third-order valence-corrected chi connectivity index (χ3v) is 4.76. The van der Waals surface area contributed by atoms with E-state index in [0.717, 1.165) is 12.8 Å². The molecule has 120 valence electrons. The van der Waals surface area contributed by atoms with Gasteiger partial charge in [0.05, 0.1) is 5.56 Å². The minimum atomic E-state index is -0.547. The zero-order valence-electron chi connectivity index (χ0n) is 12.8. The van der Waals surface area contributed by atoms with Crippen molar-refractivity contribution in [2.45, 2.75) is 39.2 Å². The maximum absolute atomic E-state index is 12.0. The number of carbonyl (C=O) groups excluding carboxylic acids is 2. The van der Waals surface area contributed by atoms with Gasteiger partial charge in [-0.2, -0.15) is 0 Å². The Bertz CT molecular complexity index is 550. The van der Waals surface area contributed by atoms with Crippen LogP contribution >= 0.6 is 15.9 Å². The Hall–Kier alpha value is -1.43. The Kier molecular flexibility index (Phi) is 5.94. The number of hydrogen-bond acceptors (Lipinski definition) is 4. The number of nitrogens with zero attached hydrogens (tertiary/aromatic N) is 1. The molecule has 1 N–H and O–H groups in total. The van der Waals surface area contributed by atoms with E-state index in [1.165, 1.54) is 12.6 Å². The summed E-state index contributed by atoms with van der Waals surface area (Å²) in [7, 11) is 0. The van der Waals surface area contributed by atoms with E-state index in [2.05, 4.69) is 40.1 Å². The molecule has 1 aliphatic carbocycles. The number of hydrogen-bond donors (Lipinski definition) is 1. The molecule has 1 aliphatic rings. The number of pyridine rings is 1. The zero-order valence-corrected chi connectivity index (χ0v) is 14.4. The predicted molar refractivity (Wildman–Crippen MR) is 86.3 cm³/mol.